The molecule has 0 saturated heterocycles. The summed E-state index contributed by atoms with van der Waals surface area (Å²) in [4.78, 5) is 12.2. The number of hydrogen-bond acceptors (Lipinski definition) is 3. The van der Waals surface area contributed by atoms with E-state index in [1.54, 1.807) is 24.3 Å². The van der Waals surface area contributed by atoms with Crippen molar-refractivity contribution in [3.05, 3.63) is 58.6 Å². The predicted molar refractivity (Wildman–Crippen MR) is 82.0 cm³/mol. The summed E-state index contributed by atoms with van der Waals surface area (Å²) in [6, 6.07) is 11.8. The van der Waals surface area contributed by atoms with Crippen LogP contribution in [0.15, 0.2) is 42.5 Å². The second kappa shape index (κ2) is 6.50. The maximum atomic E-state index is 12.2. The molecule has 0 aliphatic rings. The summed E-state index contributed by atoms with van der Waals surface area (Å²) in [5.74, 6) is -0.285. The molecule has 0 spiro atoms. The van der Waals surface area contributed by atoms with E-state index in [0.717, 1.165) is 5.56 Å². The van der Waals surface area contributed by atoms with Crippen LogP contribution in [0.5, 0.6) is 11.5 Å². The Morgan fingerprint density at radius 2 is 2.00 bits per heavy atom. The smallest absolute Gasteiger partial charge is 0.255 e. The van der Waals surface area contributed by atoms with Gasteiger partial charge in [0.1, 0.15) is 0 Å². The van der Waals surface area contributed by atoms with Crippen molar-refractivity contribution in [1.82, 2.24) is 5.32 Å². The van der Waals surface area contributed by atoms with Crippen LogP contribution in [-0.4, -0.2) is 18.1 Å². The molecule has 21 heavy (non-hydrogen) atoms. The minimum atomic E-state index is -0.376. The van der Waals surface area contributed by atoms with Crippen LogP contribution in [0, 0.1) is 0 Å². The average Bonchev–Trinajstić information content (AvgIpc) is 2.47. The Bertz CT molecular complexity index is 658. The number of carbonyl (C=O) groups is 1. The maximum absolute atomic E-state index is 12.2. The zero-order chi connectivity index (χ0) is 15.4. The van der Waals surface area contributed by atoms with Gasteiger partial charge in [0.15, 0.2) is 11.5 Å². The van der Waals surface area contributed by atoms with E-state index in [9.17, 15) is 9.90 Å². The van der Waals surface area contributed by atoms with E-state index in [0.29, 0.717) is 5.02 Å². The summed E-state index contributed by atoms with van der Waals surface area (Å²) in [5, 5.41) is 13.4. The number of aromatic hydroxyl groups is 1. The number of carbonyl (C=O) groups excluding carboxylic acids is 1. The number of amides is 1. The number of halogens is 1. The fraction of sp³-hybridized carbons (Fsp3) is 0.188. The fourth-order valence-electron chi connectivity index (χ4n) is 2.00. The zero-order valence-corrected chi connectivity index (χ0v) is 12.5. The van der Waals surface area contributed by atoms with E-state index >= 15 is 0 Å². The molecule has 0 heterocycles. The third-order valence-electron chi connectivity index (χ3n) is 3.16. The molecule has 2 N–H and O–H groups in total. The molecule has 2 aromatic rings. The van der Waals surface area contributed by atoms with Crippen LogP contribution in [0.1, 0.15) is 28.9 Å². The van der Waals surface area contributed by atoms with Gasteiger partial charge in [0.05, 0.1) is 18.7 Å². The van der Waals surface area contributed by atoms with Crippen LogP contribution in [0.25, 0.3) is 0 Å². The summed E-state index contributed by atoms with van der Waals surface area (Å²) in [6.45, 7) is 1.85. The molecular formula is C16H16ClNO3. The van der Waals surface area contributed by atoms with E-state index in [1.165, 1.54) is 13.2 Å². The number of para-hydroxylation sites is 1. The maximum Gasteiger partial charge on any atom is 0.255 e. The highest BCUT2D eigenvalue weighted by Crippen LogP contribution is 2.29. The molecular weight excluding hydrogens is 290 g/mol. The molecule has 5 heteroatoms. The van der Waals surface area contributed by atoms with Crippen LogP contribution in [0.2, 0.25) is 5.02 Å². The van der Waals surface area contributed by atoms with E-state index < -0.39 is 0 Å². The number of benzene rings is 2. The minimum Gasteiger partial charge on any atom is -0.504 e. The molecule has 0 aliphatic carbocycles. The van der Waals surface area contributed by atoms with Crippen LogP contribution in [0.4, 0.5) is 0 Å². The molecule has 2 rings (SSSR count). The Morgan fingerprint density at radius 3 is 2.67 bits per heavy atom. The third-order valence-corrected chi connectivity index (χ3v) is 3.39. The quantitative estimate of drug-likeness (QED) is 0.908. The van der Waals surface area contributed by atoms with Crippen molar-refractivity contribution in [2.75, 3.05) is 7.11 Å². The lowest BCUT2D eigenvalue weighted by Gasteiger charge is -2.15. The first-order chi connectivity index (χ1) is 10.0. The number of ether oxygens (including phenoxy) is 1. The van der Waals surface area contributed by atoms with Crippen molar-refractivity contribution in [3.63, 3.8) is 0 Å². The molecule has 0 radical (unpaired) electrons. The summed E-state index contributed by atoms with van der Waals surface area (Å²) < 4.78 is 4.99. The van der Waals surface area contributed by atoms with Gasteiger partial charge in [-0.25, -0.2) is 0 Å². The summed E-state index contributed by atoms with van der Waals surface area (Å²) in [7, 11) is 1.44. The van der Waals surface area contributed by atoms with Gasteiger partial charge < -0.3 is 15.2 Å². The number of methoxy groups -OCH3 is 1. The monoisotopic (exact) mass is 305 g/mol. The molecule has 2 aromatic carbocycles. The first-order valence-electron chi connectivity index (χ1n) is 6.45. The van der Waals surface area contributed by atoms with Crippen molar-refractivity contribution < 1.29 is 14.6 Å². The zero-order valence-electron chi connectivity index (χ0n) is 11.8. The normalized spacial score (nSPS) is 11.8. The summed E-state index contributed by atoms with van der Waals surface area (Å²) in [5.41, 5.74) is 1.06. The van der Waals surface area contributed by atoms with E-state index in [4.69, 9.17) is 16.3 Å². The molecule has 0 bridgehead atoms. The SMILES string of the molecule is COc1cccc(C(=O)NC(C)c2cccc(Cl)c2)c1O. The van der Waals surface area contributed by atoms with Gasteiger partial charge in [0.2, 0.25) is 0 Å². The Balaban J connectivity index is 2.18. The second-order valence-corrected chi connectivity index (χ2v) is 5.04. The van der Waals surface area contributed by atoms with Crippen LogP contribution in [-0.2, 0) is 0 Å². The largest absolute Gasteiger partial charge is 0.504 e. The Morgan fingerprint density at radius 1 is 1.29 bits per heavy atom. The van der Waals surface area contributed by atoms with Gasteiger partial charge in [0.25, 0.3) is 5.91 Å². The highest BCUT2D eigenvalue weighted by Gasteiger charge is 2.17. The van der Waals surface area contributed by atoms with Crippen molar-refractivity contribution in [2.24, 2.45) is 0 Å². The van der Waals surface area contributed by atoms with Crippen molar-refractivity contribution >= 4 is 17.5 Å². The molecule has 0 aromatic heterocycles. The van der Waals surface area contributed by atoms with Gasteiger partial charge in [-0.1, -0.05) is 29.8 Å². The van der Waals surface area contributed by atoms with Crippen LogP contribution < -0.4 is 10.1 Å². The second-order valence-electron chi connectivity index (χ2n) is 4.61. The number of nitrogens with one attached hydrogen (secondary N) is 1. The predicted octanol–water partition coefficient (Wildman–Crippen LogP) is 3.55. The summed E-state index contributed by atoms with van der Waals surface area (Å²) >= 11 is 5.94. The van der Waals surface area contributed by atoms with E-state index in [2.05, 4.69) is 5.32 Å². The van der Waals surface area contributed by atoms with Crippen molar-refractivity contribution in [1.29, 1.82) is 0 Å². The highest BCUT2D eigenvalue weighted by atomic mass is 35.5. The van der Waals surface area contributed by atoms with Gasteiger partial charge in [0, 0.05) is 5.02 Å². The van der Waals surface area contributed by atoms with Gasteiger partial charge in [-0.2, -0.15) is 0 Å². The number of phenols is 1. The molecule has 1 atom stereocenters. The van der Waals surface area contributed by atoms with Crippen molar-refractivity contribution in [3.8, 4) is 11.5 Å². The molecule has 0 fully saturated rings. The number of hydrogen-bond donors (Lipinski definition) is 2. The standard InChI is InChI=1S/C16H16ClNO3/c1-10(11-5-3-6-12(17)9-11)18-16(20)13-7-4-8-14(21-2)15(13)19/h3-10,19H,1-2H3,(H,18,20). The minimum absolute atomic E-state index is 0.170. The molecule has 1 amide bonds. The Labute approximate surface area is 128 Å². The van der Waals surface area contributed by atoms with Crippen LogP contribution >= 0.6 is 11.6 Å². The lowest BCUT2D eigenvalue weighted by molar-refractivity contribution is 0.0936. The third kappa shape index (κ3) is 3.47. The topological polar surface area (TPSA) is 58.6 Å². The van der Waals surface area contributed by atoms with Gasteiger partial charge in [-0.15, -0.1) is 0 Å². The molecule has 110 valence electrons. The first kappa shape index (κ1) is 15.2. The average molecular weight is 306 g/mol. The van der Waals surface area contributed by atoms with Crippen molar-refractivity contribution in [2.45, 2.75) is 13.0 Å². The van der Waals surface area contributed by atoms with Crippen LogP contribution in [0.3, 0.4) is 0 Å². The first-order valence-corrected chi connectivity index (χ1v) is 6.83. The van der Waals surface area contributed by atoms with Gasteiger partial charge in [-0.3, -0.25) is 4.79 Å². The molecule has 0 aliphatic heterocycles. The van der Waals surface area contributed by atoms with E-state index in [-0.39, 0.29) is 29.0 Å². The Hall–Kier alpha value is -2.20. The highest BCUT2D eigenvalue weighted by molar-refractivity contribution is 6.30. The lowest BCUT2D eigenvalue weighted by atomic mass is 10.1. The molecule has 4 nitrogen and oxygen atoms in total. The fourth-order valence-corrected chi connectivity index (χ4v) is 2.20. The van der Waals surface area contributed by atoms with Gasteiger partial charge in [-0.05, 0) is 36.8 Å². The number of rotatable bonds is 4. The number of phenolic OH excluding ortho intramolecular Hbond substituents is 1. The molecule has 1 unspecified atom stereocenters. The Kier molecular flexibility index (Phi) is 4.70. The van der Waals surface area contributed by atoms with Gasteiger partial charge >= 0.3 is 0 Å². The molecule has 0 saturated carbocycles. The lowest BCUT2D eigenvalue weighted by Crippen LogP contribution is -2.26. The summed E-state index contributed by atoms with van der Waals surface area (Å²) in [6.07, 6.45) is 0. The van der Waals surface area contributed by atoms with E-state index in [1.807, 2.05) is 19.1 Å².